The van der Waals surface area contributed by atoms with Crippen LogP contribution in [-0.2, 0) is 9.59 Å². The summed E-state index contributed by atoms with van der Waals surface area (Å²) < 4.78 is 0. The van der Waals surface area contributed by atoms with Gasteiger partial charge in [0.05, 0.1) is 0 Å². The molecule has 0 atom stereocenters. The summed E-state index contributed by atoms with van der Waals surface area (Å²) in [6.45, 7) is 1.67. The van der Waals surface area contributed by atoms with Gasteiger partial charge in [-0.3, -0.25) is 9.59 Å². The first-order valence-electron chi connectivity index (χ1n) is 2.84. The average molecular weight is 129 g/mol. The molecule has 52 valence electrons. The topological polar surface area (TPSA) is 37.4 Å². The molecule has 0 aromatic carbocycles. The molecule has 0 aliphatic heterocycles. The van der Waals surface area contributed by atoms with Gasteiger partial charge in [0.25, 0.3) is 5.91 Å². The molecule has 0 heterocycles. The van der Waals surface area contributed by atoms with Gasteiger partial charge in [-0.05, 0) is 0 Å². The minimum Gasteiger partial charge on any atom is -0.342 e. The maximum atomic E-state index is 10.7. The molecule has 0 fully saturated rings. The van der Waals surface area contributed by atoms with Crippen LogP contribution in [0.4, 0.5) is 0 Å². The fraction of sp³-hybridized carbons (Fsp3) is 0.667. The number of hydrogen-bond donors (Lipinski definition) is 0. The lowest BCUT2D eigenvalue weighted by molar-refractivity contribution is -0.142. The fourth-order valence-corrected chi connectivity index (χ4v) is 0.401. The summed E-state index contributed by atoms with van der Waals surface area (Å²) in [5.74, 6) is -0.752. The number of nitrogens with zero attached hydrogens (tertiary/aromatic N) is 1. The Morgan fingerprint density at radius 3 is 1.89 bits per heavy atom. The van der Waals surface area contributed by atoms with Crippen LogP contribution in [0.1, 0.15) is 13.3 Å². The van der Waals surface area contributed by atoms with Crippen LogP contribution >= 0.6 is 0 Å². The number of rotatable bonds is 2. The van der Waals surface area contributed by atoms with E-state index in [0.717, 1.165) is 0 Å². The molecule has 0 radical (unpaired) electrons. The van der Waals surface area contributed by atoms with Crippen molar-refractivity contribution in [2.75, 3.05) is 14.1 Å². The van der Waals surface area contributed by atoms with E-state index >= 15 is 0 Å². The van der Waals surface area contributed by atoms with Gasteiger partial charge < -0.3 is 4.90 Å². The Bertz CT molecular complexity index is 129. The van der Waals surface area contributed by atoms with E-state index in [-0.39, 0.29) is 12.2 Å². The standard InChI is InChI=1S/C6H11NO2/c1-4-5(8)6(9)7(2)3/h4H2,1-3H3. The Morgan fingerprint density at radius 2 is 1.78 bits per heavy atom. The van der Waals surface area contributed by atoms with Crippen molar-refractivity contribution in [3.63, 3.8) is 0 Å². The molecule has 0 spiro atoms. The average Bonchev–Trinajstić information content (AvgIpc) is 1.84. The molecule has 0 bridgehead atoms. The van der Waals surface area contributed by atoms with Gasteiger partial charge in [0.2, 0.25) is 5.78 Å². The SMILES string of the molecule is CCC(=O)C(=O)N(C)C. The minimum absolute atomic E-state index is 0.289. The molecule has 3 heteroatoms. The second-order valence-electron chi connectivity index (χ2n) is 1.98. The maximum absolute atomic E-state index is 10.7. The van der Waals surface area contributed by atoms with E-state index in [1.807, 2.05) is 0 Å². The third kappa shape index (κ3) is 2.26. The molecule has 0 aromatic heterocycles. The predicted molar refractivity (Wildman–Crippen MR) is 34.0 cm³/mol. The molecule has 0 saturated carbocycles. The number of ketones is 1. The predicted octanol–water partition coefficient (Wildman–Crippen LogP) is 0.0537. The maximum Gasteiger partial charge on any atom is 0.289 e. The molecular weight excluding hydrogens is 118 g/mol. The van der Waals surface area contributed by atoms with Gasteiger partial charge in [-0.1, -0.05) is 6.92 Å². The highest BCUT2D eigenvalue weighted by molar-refractivity contribution is 6.35. The third-order valence-electron chi connectivity index (χ3n) is 0.966. The van der Waals surface area contributed by atoms with E-state index < -0.39 is 5.91 Å². The van der Waals surface area contributed by atoms with Crippen molar-refractivity contribution in [2.45, 2.75) is 13.3 Å². The first-order chi connectivity index (χ1) is 4.09. The Labute approximate surface area is 54.6 Å². The minimum atomic E-state index is -0.419. The van der Waals surface area contributed by atoms with Crippen LogP contribution in [0.25, 0.3) is 0 Å². The number of hydrogen-bond acceptors (Lipinski definition) is 2. The highest BCUT2D eigenvalue weighted by atomic mass is 16.2. The smallest absolute Gasteiger partial charge is 0.289 e. The van der Waals surface area contributed by atoms with Crippen LogP contribution in [0.5, 0.6) is 0 Å². The quantitative estimate of drug-likeness (QED) is 0.494. The number of amides is 1. The van der Waals surface area contributed by atoms with Crippen LogP contribution in [0, 0.1) is 0 Å². The van der Waals surface area contributed by atoms with E-state index in [2.05, 4.69) is 0 Å². The highest BCUT2D eigenvalue weighted by Gasteiger charge is 2.11. The van der Waals surface area contributed by atoms with Gasteiger partial charge in [-0.15, -0.1) is 0 Å². The van der Waals surface area contributed by atoms with Crippen molar-refractivity contribution in [3.8, 4) is 0 Å². The molecule has 9 heavy (non-hydrogen) atoms. The monoisotopic (exact) mass is 129 g/mol. The van der Waals surface area contributed by atoms with E-state index in [1.54, 1.807) is 21.0 Å². The first kappa shape index (κ1) is 8.14. The van der Waals surface area contributed by atoms with E-state index in [4.69, 9.17) is 0 Å². The van der Waals surface area contributed by atoms with Crippen LogP contribution in [0.3, 0.4) is 0 Å². The van der Waals surface area contributed by atoms with E-state index in [9.17, 15) is 9.59 Å². The number of carbonyl (C=O) groups is 2. The Kier molecular flexibility index (Phi) is 2.91. The van der Waals surface area contributed by atoms with Crippen molar-refractivity contribution in [1.82, 2.24) is 4.90 Å². The second kappa shape index (κ2) is 3.22. The molecule has 0 rings (SSSR count). The molecule has 3 nitrogen and oxygen atoms in total. The molecule has 0 N–H and O–H groups in total. The fourth-order valence-electron chi connectivity index (χ4n) is 0.401. The largest absolute Gasteiger partial charge is 0.342 e. The lowest BCUT2D eigenvalue weighted by atomic mass is 10.3. The molecule has 0 saturated heterocycles. The van der Waals surface area contributed by atoms with E-state index in [0.29, 0.717) is 0 Å². The molecule has 0 aliphatic rings. The van der Waals surface area contributed by atoms with E-state index in [1.165, 1.54) is 4.90 Å². The lowest BCUT2D eigenvalue weighted by Crippen LogP contribution is -2.29. The molecule has 0 unspecified atom stereocenters. The zero-order valence-electron chi connectivity index (χ0n) is 5.97. The van der Waals surface area contributed by atoms with Crippen LogP contribution in [0.15, 0.2) is 0 Å². The van der Waals surface area contributed by atoms with Gasteiger partial charge in [-0.2, -0.15) is 0 Å². The Morgan fingerprint density at radius 1 is 1.33 bits per heavy atom. The second-order valence-corrected chi connectivity index (χ2v) is 1.98. The van der Waals surface area contributed by atoms with Crippen molar-refractivity contribution < 1.29 is 9.59 Å². The van der Waals surface area contributed by atoms with Crippen LogP contribution < -0.4 is 0 Å². The lowest BCUT2D eigenvalue weighted by Gasteiger charge is -2.06. The normalized spacial score (nSPS) is 8.78. The summed E-state index contributed by atoms with van der Waals surface area (Å²) in [7, 11) is 3.13. The van der Waals surface area contributed by atoms with Crippen LogP contribution in [0.2, 0.25) is 0 Å². The van der Waals surface area contributed by atoms with Crippen LogP contribution in [-0.4, -0.2) is 30.7 Å². The third-order valence-corrected chi connectivity index (χ3v) is 0.966. The van der Waals surface area contributed by atoms with Crippen molar-refractivity contribution >= 4 is 11.7 Å². The summed E-state index contributed by atoms with van der Waals surface area (Å²) in [4.78, 5) is 22.5. The zero-order valence-corrected chi connectivity index (χ0v) is 5.97. The molecule has 0 aliphatic carbocycles. The molecule has 0 aromatic rings. The van der Waals surface area contributed by atoms with Gasteiger partial charge >= 0.3 is 0 Å². The summed E-state index contributed by atoms with van der Waals surface area (Å²) in [6.07, 6.45) is 0.289. The van der Waals surface area contributed by atoms with Gasteiger partial charge in [0, 0.05) is 20.5 Å². The molecule has 1 amide bonds. The van der Waals surface area contributed by atoms with Gasteiger partial charge in [0.1, 0.15) is 0 Å². The summed E-state index contributed by atoms with van der Waals surface area (Å²) in [6, 6.07) is 0. The Balaban J connectivity index is 3.89. The summed E-state index contributed by atoms with van der Waals surface area (Å²) in [5, 5.41) is 0. The van der Waals surface area contributed by atoms with Crippen molar-refractivity contribution in [2.24, 2.45) is 0 Å². The Hall–Kier alpha value is -0.860. The first-order valence-corrected chi connectivity index (χ1v) is 2.84. The summed E-state index contributed by atoms with van der Waals surface area (Å²) in [5.41, 5.74) is 0. The highest BCUT2D eigenvalue weighted by Crippen LogP contribution is 1.85. The van der Waals surface area contributed by atoms with Gasteiger partial charge in [0.15, 0.2) is 0 Å². The zero-order chi connectivity index (χ0) is 7.44. The van der Waals surface area contributed by atoms with Crippen molar-refractivity contribution in [3.05, 3.63) is 0 Å². The number of likely N-dealkylation sites (N-methyl/N-ethyl adjacent to an activating group) is 1. The van der Waals surface area contributed by atoms with Crippen molar-refractivity contribution in [1.29, 1.82) is 0 Å². The summed E-state index contributed by atoms with van der Waals surface area (Å²) >= 11 is 0. The number of Topliss-reactive ketones (excluding diaryl/α,β-unsaturated/α-hetero) is 1. The molecular formula is C6H11NO2. The van der Waals surface area contributed by atoms with Gasteiger partial charge in [-0.25, -0.2) is 0 Å². The number of carbonyl (C=O) groups excluding carboxylic acids is 2.